The van der Waals surface area contributed by atoms with E-state index in [1.54, 1.807) is 9.91 Å². The molecule has 1 atom stereocenters. The Hall–Kier alpha value is -4.75. The summed E-state index contributed by atoms with van der Waals surface area (Å²) in [6.45, 7) is 4.30. The second kappa shape index (κ2) is 14.8. The fraction of sp³-hybridized carbons (Fsp3) is 0.325. The van der Waals surface area contributed by atoms with Crippen LogP contribution in [-0.4, -0.2) is 35.2 Å². The molecule has 4 aromatic rings. The van der Waals surface area contributed by atoms with E-state index in [0.717, 1.165) is 29.8 Å². The number of hydrazone groups is 1. The zero-order valence-corrected chi connectivity index (χ0v) is 27.4. The van der Waals surface area contributed by atoms with Gasteiger partial charge >= 0.3 is 6.03 Å². The fourth-order valence-corrected chi connectivity index (χ4v) is 6.77. The first-order chi connectivity index (χ1) is 22.9. The molecule has 0 bridgehead atoms. The van der Waals surface area contributed by atoms with Gasteiger partial charge < -0.3 is 11.1 Å². The minimum absolute atomic E-state index is 0.0215. The van der Waals surface area contributed by atoms with Crippen LogP contribution in [0.1, 0.15) is 75.0 Å². The Kier molecular flexibility index (Phi) is 10.1. The third kappa shape index (κ3) is 7.31. The van der Waals surface area contributed by atoms with Gasteiger partial charge in [-0.25, -0.2) is 9.80 Å². The molecule has 1 heterocycles. The topological polar surface area (TPSA) is 91.0 Å². The molecule has 4 aromatic carbocycles. The molecule has 0 spiro atoms. The van der Waals surface area contributed by atoms with Crippen molar-refractivity contribution in [1.82, 2.24) is 5.01 Å². The fourth-order valence-electron chi connectivity index (χ4n) is 6.77. The number of para-hydroxylation sites is 1. The molecule has 3 amide bonds. The number of fused-ring (bicyclic) bond motifs is 1. The van der Waals surface area contributed by atoms with Gasteiger partial charge in [0.15, 0.2) is 0 Å². The number of urea groups is 1. The average molecular weight is 628 g/mol. The lowest BCUT2D eigenvalue weighted by Crippen LogP contribution is -2.39. The quantitative estimate of drug-likeness (QED) is 0.184. The average Bonchev–Trinajstić information content (AvgIpc) is 3.23. The molecule has 2 aliphatic rings. The third-order valence-corrected chi connectivity index (χ3v) is 9.50. The predicted molar refractivity (Wildman–Crippen MR) is 191 cm³/mol. The first-order valence-electron chi connectivity index (χ1n) is 17.0. The molecule has 7 nitrogen and oxygen atoms in total. The van der Waals surface area contributed by atoms with E-state index in [1.807, 2.05) is 68.4 Å². The van der Waals surface area contributed by atoms with Crippen LogP contribution in [0, 0.1) is 11.8 Å². The summed E-state index contributed by atoms with van der Waals surface area (Å²) in [4.78, 5) is 29.1. The Labute approximate surface area is 278 Å². The van der Waals surface area contributed by atoms with Crippen molar-refractivity contribution in [2.45, 2.75) is 64.3 Å². The van der Waals surface area contributed by atoms with Crippen LogP contribution in [0.5, 0.6) is 0 Å². The Morgan fingerprint density at radius 3 is 2.04 bits per heavy atom. The number of carbonyl (C=O) groups is 2. The molecule has 6 rings (SSSR count). The normalized spacial score (nSPS) is 16.1. The summed E-state index contributed by atoms with van der Waals surface area (Å²) in [5.74, 6) is 0.194. The van der Waals surface area contributed by atoms with Gasteiger partial charge in [0.05, 0.1) is 23.1 Å². The highest BCUT2D eigenvalue weighted by Gasteiger charge is 2.34. The van der Waals surface area contributed by atoms with Gasteiger partial charge in [0, 0.05) is 29.6 Å². The summed E-state index contributed by atoms with van der Waals surface area (Å²) in [5, 5.41) is 9.85. The summed E-state index contributed by atoms with van der Waals surface area (Å²) in [5.41, 5.74) is 12.7. The first-order valence-corrected chi connectivity index (χ1v) is 17.0. The van der Waals surface area contributed by atoms with Crippen LogP contribution in [-0.2, 0) is 4.79 Å². The number of amides is 3. The predicted octanol–water partition coefficient (Wildman–Crippen LogP) is 8.69. The summed E-state index contributed by atoms with van der Waals surface area (Å²) < 4.78 is 0. The van der Waals surface area contributed by atoms with Gasteiger partial charge in [0.2, 0.25) is 5.91 Å². The van der Waals surface area contributed by atoms with E-state index in [1.165, 1.54) is 30.4 Å². The van der Waals surface area contributed by atoms with E-state index in [-0.39, 0.29) is 23.8 Å². The van der Waals surface area contributed by atoms with Crippen molar-refractivity contribution in [1.29, 1.82) is 0 Å². The maximum absolute atomic E-state index is 14.7. The molecule has 1 aliphatic heterocycles. The van der Waals surface area contributed by atoms with Gasteiger partial charge in [-0.1, -0.05) is 112 Å². The van der Waals surface area contributed by atoms with E-state index < -0.39 is 6.04 Å². The molecule has 242 valence electrons. The van der Waals surface area contributed by atoms with Crippen LogP contribution in [0.25, 0.3) is 0 Å². The Morgan fingerprint density at radius 2 is 1.43 bits per heavy atom. The van der Waals surface area contributed by atoms with Crippen LogP contribution < -0.4 is 16.0 Å². The van der Waals surface area contributed by atoms with E-state index in [2.05, 4.69) is 59.9 Å². The molecule has 3 N–H and O–H groups in total. The summed E-state index contributed by atoms with van der Waals surface area (Å²) >= 11 is 0. The highest BCUT2D eigenvalue weighted by molar-refractivity contribution is 6.13. The van der Waals surface area contributed by atoms with Crippen molar-refractivity contribution in [3.05, 3.63) is 126 Å². The van der Waals surface area contributed by atoms with Crippen molar-refractivity contribution >= 4 is 34.7 Å². The summed E-state index contributed by atoms with van der Waals surface area (Å²) in [7, 11) is 0. The number of hydrogen-bond donors (Lipinski definition) is 2. The zero-order chi connectivity index (χ0) is 32.8. The molecular formula is C40H45N5O2. The Bertz CT molecular complexity index is 1640. The number of anilines is 3. The van der Waals surface area contributed by atoms with Crippen molar-refractivity contribution in [3.63, 3.8) is 0 Å². The summed E-state index contributed by atoms with van der Waals surface area (Å²) in [6.07, 6.45) is 6.42. The lowest BCUT2D eigenvalue weighted by atomic mass is 9.83. The number of hydrogen-bond acceptors (Lipinski definition) is 4. The molecule has 0 radical (unpaired) electrons. The molecule has 0 aromatic heterocycles. The largest absolute Gasteiger partial charge is 0.349 e. The molecule has 0 saturated heterocycles. The number of rotatable bonds is 10. The summed E-state index contributed by atoms with van der Waals surface area (Å²) in [6, 6.07) is 35.8. The van der Waals surface area contributed by atoms with Crippen molar-refractivity contribution in [3.8, 4) is 0 Å². The highest BCUT2D eigenvalue weighted by atomic mass is 16.2. The maximum Gasteiger partial charge on any atom is 0.349 e. The minimum atomic E-state index is -0.603. The third-order valence-electron chi connectivity index (χ3n) is 9.50. The number of carbonyl (C=O) groups excluding carboxylic acids is 2. The standard InChI is InChI=1S/C40H45N5O2/c1-28(2)37(41)39(46)42-32-22-24-33(25-23-32)45-36-21-13-12-20-35(36)38(31-18-10-5-11-19-31)43-44(40(45)47)27-26-34(29-14-6-3-7-15-29)30-16-8-4-9-17-30/h3-4,6-9,12-17,20-25,28,31,34,37H,5,10-11,18-19,26-27,41H2,1-2H3,(H,42,46). The molecule has 1 fully saturated rings. The van der Waals surface area contributed by atoms with Crippen molar-refractivity contribution < 1.29 is 9.59 Å². The van der Waals surface area contributed by atoms with Crippen LogP contribution in [0.2, 0.25) is 0 Å². The first kappa shape index (κ1) is 32.2. The van der Waals surface area contributed by atoms with Crippen molar-refractivity contribution in [2.75, 3.05) is 16.8 Å². The number of benzene rings is 4. The van der Waals surface area contributed by atoms with Gasteiger partial charge in [0.1, 0.15) is 0 Å². The van der Waals surface area contributed by atoms with Crippen LogP contribution in [0.4, 0.5) is 21.9 Å². The second-order valence-electron chi connectivity index (χ2n) is 13.0. The van der Waals surface area contributed by atoms with Gasteiger partial charge in [-0.15, -0.1) is 0 Å². The van der Waals surface area contributed by atoms with Gasteiger partial charge in [-0.05, 0) is 66.6 Å². The van der Waals surface area contributed by atoms with Gasteiger partial charge in [-0.3, -0.25) is 9.69 Å². The molecule has 7 heteroatoms. The smallest absolute Gasteiger partial charge is 0.325 e. The molecular weight excluding hydrogens is 582 g/mol. The van der Waals surface area contributed by atoms with E-state index in [4.69, 9.17) is 10.8 Å². The maximum atomic E-state index is 14.7. The zero-order valence-electron chi connectivity index (χ0n) is 27.4. The Balaban J connectivity index is 1.36. The monoisotopic (exact) mass is 627 g/mol. The molecule has 1 unspecified atom stereocenters. The van der Waals surface area contributed by atoms with Crippen molar-refractivity contribution in [2.24, 2.45) is 22.7 Å². The van der Waals surface area contributed by atoms with Crippen LogP contribution >= 0.6 is 0 Å². The second-order valence-corrected chi connectivity index (χ2v) is 13.0. The number of nitrogens with one attached hydrogen (secondary N) is 1. The molecule has 1 aliphatic carbocycles. The SMILES string of the molecule is CC(C)C(N)C(=O)Nc1ccc(N2C(=O)N(CCC(c3ccccc3)c3ccccc3)N=C(C3CCCCC3)c3ccccc32)cc1. The number of nitrogens with two attached hydrogens (primary N) is 1. The van der Waals surface area contributed by atoms with E-state index >= 15 is 0 Å². The Morgan fingerprint density at radius 1 is 0.830 bits per heavy atom. The molecule has 47 heavy (non-hydrogen) atoms. The highest BCUT2D eigenvalue weighted by Crippen LogP contribution is 2.38. The van der Waals surface area contributed by atoms with Gasteiger partial charge in [-0.2, -0.15) is 5.10 Å². The van der Waals surface area contributed by atoms with E-state index in [0.29, 0.717) is 30.3 Å². The number of nitrogens with zero attached hydrogens (tertiary/aromatic N) is 3. The van der Waals surface area contributed by atoms with Crippen LogP contribution in [0.15, 0.2) is 114 Å². The van der Waals surface area contributed by atoms with Gasteiger partial charge in [0.25, 0.3) is 0 Å². The lowest BCUT2D eigenvalue weighted by Gasteiger charge is -2.28. The van der Waals surface area contributed by atoms with E-state index in [9.17, 15) is 9.59 Å². The van der Waals surface area contributed by atoms with Crippen LogP contribution in [0.3, 0.4) is 0 Å². The minimum Gasteiger partial charge on any atom is -0.325 e. The lowest BCUT2D eigenvalue weighted by molar-refractivity contribution is -0.118. The molecule has 1 saturated carbocycles.